The van der Waals surface area contributed by atoms with Crippen molar-refractivity contribution in [1.82, 2.24) is 24.6 Å². The SMILES string of the molecule is C[C@@H](C(=O)NCCCN1CCCC1=O)n1c2ccccc2c2cnn(C)c(=O)c21. The lowest BCUT2D eigenvalue weighted by Crippen LogP contribution is -2.35. The number of likely N-dealkylation sites (tertiary alicyclic amines) is 1. The van der Waals surface area contributed by atoms with Crippen LogP contribution in [0.25, 0.3) is 21.8 Å². The summed E-state index contributed by atoms with van der Waals surface area (Å²) >= 11 is 0. The number of hydrogen-bond acceptors (Lipinski definition) is 4. The van der Waals surface area contributed by atoms with Gasteiger partial charge in [0.25, 0.3) is 5.56 Å². The summed E-state index contributed by atoms with van der Waals surface area (Å²) in [4.78, 5) is 39.2. The molecule has 0 spiro atoms. The molecule has 1 fully saturated rings. The Morgan fingerprint density at radius 3 is 2.79 bits per heavy atom. The molecule has 0 radical (unpaired) electrons. The van der Waals surface area contributed by atoms with Crippen LogP contribution < -0.4 is 10.9 Å². The molecule has 2 aromatic heterocycles. The number of amides is 2. The molecular formula is C21H25N5O3. The zero-order valence-corrected chi connectivity index (χ0v) is 16.7. The van der Waals surface area contributed by atoms with Crippen molar-refractivity contribution in [1.29, 1.82) is 0 Å². The molecule has 8 nitrogen and oxygen atoms in total. The third kappa shape index (κ3) is 3.39. The maximum atomic E-state index is 12.8. The summed E-state index contributed by atoms with van der Waals surface area (Å²) in [5.74, 6) is 0.0405. The number of fused-ring (bicyclic) bond motifs is 3. The standard InChI is InChI=1S/C21H25N5O3/c1-14(20(28)22-10-6-12-25-11-5-9-18(25)27)26-17-8-4-3-7-15(17)16-13-23-24(2)21(29)19(16)26/h3-4,7-8,13-14H,5-6,9-12H2,1-2H3,(H,22,28)/t14-/m0/s1. The number of nitrogens with one attached hydrogen (secondary N) is 1. The molecule has 4 rings (SSSR count). The zero-order chi connectivity index (χ0) is 20.5. The van der Waals surface area contributed by atoms with E-state index in [-0.39, 0.29) is 17.4 Å². The van der Waals surface area contributed by atoms with Crippen molar-refractivity contribution in [2.75, 3.05) is 19.6 Å². The number of hydrogen-bond donors (Lipinski definition) is 1. The van der Waals surface area contributed by atoms with E-state index in [1.165, 1.54) is 4.68 Å². The highest BCUT2D eigenvalue weighted by Gasteiger charge is 2.23. The van der Waals surface area contributed by atoms with Gasteiger partial charge in [-0.15, -0.1) is 0 Å². The Balaban J connectivity index is 1.56. The molecule has 1 aliphatic rings. The van der Waals surface area contributed by atoms with Gasteiger partial charge in [0.2, 0.25) is 11.8 Å². The summed E-state index contributed by atoms with van der Waals surface area (Å²) in [6.07, 6.45) is 3.93. The number of nitrogens with zero attached hydrogens (tertiary/aromatic N) is 4. The van der Waals surface area contributed by atoms with E-state index in [1.807, 2.05) is 29.2 Å². The van der Waals surface area contributed by atoms with Crippen LogP contribution in [-0.4, -0.2) is 50.7 Å². The van der Waals surface area contributed by atoms with Crippen molar-refractivity contribution in [3.8, 4) is 0 Å². The molecule has 0 unspecified atom stereocenters. The minimum Gasteiger partial charge on any atom is -0.354 e. The Bertz CT molecular complexity index is 1150. The van der Waals surface area contributed by atoms with Crippen LogP contribution >= 0.6 is 0 Å². The van der Waals surface area contributed by atoms with Gasteiger partial charge >= 0.3 is 0 Å². The molecule has 1 atom stereocenters. The highest BCUT2D eigenvalue weighted by molar-refractivity contribution is 6.08. The molecular weight excluding hydrogens is 370 g/mol. The van der Waals surface area contributed by atoms with Crippen LogP contribution in [0.5, 0.6) is 0 Å². The van der Waals surface area contributed by atoms with E-state index in [0.29, 0.717) is 31.4 Å². The van der Waals surface area contributed by atoms with Gasteiger partial charge in [0.1, 0.15) is 11.6 Å². The number of carbonyl (C=O) groups is 2. The van der Waals surface area contributed by atoms with E-state index >= 15 is 0 Å². The number of aromatic nitrogens is 3. The Labute approximate surface area is 168 Å². The molecule has 0 aliphatic carbocycles. The second-order valence-corrected chi connectivity index (χ2v) is 7.53. The average molecular weight is 395 g/mol. The molecule has 1 aromatic carbocycles. The lowest BCUT2D eigenvalue weighted by atomic mass is 10.2. The molecule has 3 heterocycles. The van der Waals surface area contributed by atoms with Crippen molar-refractivity contribution in [2.45, 2.75) is 32.2 Å². The van der Waals surface area contributed by atoms with E-state index in [4.69, 9.17) is 0 Å². The zero-order valence-electron chi connectivity index (χ0n) is 16.7. The van der Waals surface area contributed by atoms with E-state index in [0.717, 1.165) is 29.3 Å². The molecule has 1 N–H and O–H groups in total. The predicted octanol–water partition coefficient (Wildman–Crippen LogP) is 1.58. The van der Waals surface area contributed by atoms with Gasteiger partial charge in [-0.1, -0.05) is 18.2 Å². The summed E-state index contributed by atoms with van der Waals surface area (Å²) in [6.45, 7) is 3.76. The third-order valence-electron chi connectivity index (χ3n) is 5.65. The van der Waals surface area contributed by atoms with Gasteiger partial charge in [-0.25, -0.2) is 4.68 Å². The van der Waals surface area contributed by atoms with E-state index in [9.17, 15) is 14.4 Å². The summed E-state index contributed by atoms with van der Waals surface area (Å²) in [5.41, 5.74) is 1.08. The van der Waals surface area contributed by atoms with E-state index < -0.39 is 6.04 Å². The summed E-state index contributed by atoms with van der Waals surface area (Å²) in [6, 6.07) is 7.10. The lowest BCUT2D eigenvalue weighted by Gasteiger charge is -2.18. The molecule has 1 saturated heterocycles. The minimum atomic E-state index is -0.555. The van der Waals surface area contributed by atoms with Gasteiger partial charge < -0.3 is 14.8 Å². The molecule has 29 heavy (non-hydrogen) atoms. The van der Waals surface area contributed by atoms with Crippen molar-refractivity contribution >= 4 is 33.6 Å². The van der Waals surface area contributed by atoms with Gasteiger partial charge in [-0.3, -0.25) is 14.4 Å². The topological polar surface area (TPSA) is 89.2 Å². The fourth-order valence-electron chi connectivity index (χ4n) is 4.08. The monoisotopic (exact) mass is 395 g/mol. The first-order valence-corrected chi connectivity index (χ1v) is 9.99. The van der Waals surface area contributed by atoms with E-state index in [2.05, 4.69) is 10.4 Å². The quantitative estimate of drug-likeness (QED) is 0.642. The van der Waals surface area contributed by atoms with E-state index in [1.54, 1.807) is 24.7 Å². The number of rotatable bonds is 6. The van der Waals surface area contributed by atoms with Crippen molar-refractivity contribution in [2.24, 2.45) is 7.05 Å². The van der Waals surface area contributed by atoms with Crippen molar-refractivity contribution in [3.05, 3.63) is 40.8 Å². The van der Waals surface area contributed by atoms with Crippen molar-refractivity contribution in [3.63, 3.8) is 0 Å². The van der Waals surface area contributed by atoms with Crippen LogP contribution in [0.4, 0.5) is 0 Å². The summed E-state index contributed by atoms with van der Waals surface area (Å²) in [7, 11) is 1.61. The molecule has 0 saturated carbocycles. The second kappa shape index (κ2) is 7.69. The summed E-state index contributed by atoms with van der Waals surface area (Å²) in [5, 5.41) is 8.74. The number of carbonyl (C=O) groups excluding carboxylic acids is 2. The first-order valence-electron chi connectivity index (χ1n) is 9.99. The maximum Gasteiger partial charge on any atom is 0.291 e. The van der Waals surface area contributed by atoms with Crippen LogP contribution in [0.15, 0.2) is 35.3 Å². The highest BCUT2D eigenvalue weighted by Crippen LogP contribution is 2.29. The number of benzene rings is 1. The minimum absolute atomic E-state index is 0.153. The number of para-hydroxylation sites is 1. The Kier molecular flexibility index (Phi) is 5.08. The van der Waals surface area contributed by atoms with Gasteiger partial charge in [-0.05, 0) is 25.8 Å². The lowest BCUT2D eigenvalue weighted by molar-refractivity contribution is -0.127. The van der Waals surface area contributed by atoms with Gasteiger partial charge in [0.15, 0.2) is 0 Å². The molecule has 2 amide bonds. The maximum absolute atomic E-state index is 12.8. The third-order valence-corrected chi connectivity index (χ3v) is 5.65. The molecule has 8 heteroatoms. The molecule has 3 aromatic rings. The average Bonchev–Trinajstić information content (AvgIpc) is 3.28. The molecule has 1 aliphatic heterocycles. The van der Waals surface area contributed by atoms with Gasteiger partial charge in [-0.2, -0.15) is 5.10 Å². The fraction of sp³-hybridized carbons (Fsp3) is 0.429. The Morgan fingerprint density at radius 1 is 1.24 bits per heavy atom. The summed E-state index contributed by atoms with van der Waals surface area (Å²) < 4.78 is 3.09. The normalized spacial score (nSPS) is 15.4. The van der Waals surface area contributed by atoms with Gasteiger partial charge in [0.05, 0.1) is 11.7 Å². The first-order chi connectivity index (χ1) is 14.0. The van der Waals surface area contributed by atoms with Crippen molar-refractivity contribution < 1.29 is 9.59 Å². The number of aryl methyl sites for hydroxylation is 1. The largest absolute Gasteiger partial charge is 0.354 e. The fourth-order valence-corrected chi connectivity index (χ4v) is 4.08. The predicted molar refractivity (Wildman–Crippen MR) is 111 cm³/mol. The van der Waals surface area contributed by atoms with Crippen LogP contribution in [-0.2, 0) is 16.6 Å². The second-order valence-electron chi connectivity index (χ2n) is 7.53. The van der Waals surface area contributed by atoms with Gasteiger partial charge in [0, 0.05) is 43.9 Å². The highest BCUT2D eigenvalue weighted by atomic mass is 16.2. The Morgan fingerprint density at radius 2 is 2.03 bits per heavy atom. The molecule has 0 bridgehead atoms. The van der Waals surface area contributed by atoms with Crippen LogP contribution in [0.1, 0.15) is 32.2 Å². The first kappa shape index (κ1) is 19.2. The van der Waals surface area contributed by atoms with Crippen LogP contribution in [0, 0.1) is 0 Å². The molecule has 152 valence electrons. The smallest absolute Gasteiger partial charge is 0.291 e. The van der Waals surface area contributed by atoms with Crippen LogP contribution in [0.3, 0.4) is 0 Å². The van der Waals surface area contributed by atoms with Crippen LogP contribution in [0.2, 0.25) is 0 Å². The Hall–Kier alpha value is -3.16.